The first-order valence-corrected chi connectivity index (χ1v) is 11.4. The third-order valence-corrected chi connectivity index (χ3v) is 5.80. The standard InChI is InChI=1S/C24H30N2O9/c1-11(2)8-15(18-9-14-6-5-7-17(29)20(14)24(32)34-18)26-23(31)22(33-13(4)28)21-16(25-12(3)27)10-19(30)35-21/h5-7,11,15-16,18,21-22,29H,8-10H2,1-4H3,(H,25,27)(H,26,31). The van der Waals surface area contributed by atoms with Gasteiger partial charge in [-0.3, -0.25) is 19.2 Å². The maximum Gasteiger partial charge on any atom is 0.342 e. The summed E-state index contributed by atoms with van der Waals surface area (Å²) in [5.74, 6) is -3.40. The van der Waals surface area contributed by atoms with Crippen LogP contribution in [0.4, 0.5) is 0 Å². The Kier molecular flexibility index (Phi) is 7.98. The summed E-state index contributed by atoms with van der Waals surface area (Å²) >= 11 is 0. The smallest absolute Gasteiger partial charge is 0.342 e. The Balaban J connectivity index is 1.85. The van der Waals surface area contributed by atoms with E-state index in [-0.39, 0.29) is 30.1 Å². The molecule has 3 rings (SSSR count). The summed E-state index contributed by atoms with van der Waals surface area (Å²) in [7, 11) is 0. The van der Waals surface area contributed by atoms with Crippen molar-refractivity contribution in [2.24, 2.45) is 5.92 Å². The number of benzene rings is 1. The molecule has 0 aliphatic carbocycles. The highest BCUT2D eigenvalue weighted by Crippen LogP contribution is 2.30. The van der Waals surface area contributed by atoms with Gasteiger partial charge in [-0.2, -0.15) is 0 Å². The first-order valence-electron chi connectivity index (χ1n) is 11.4. The Morgan fingerprint density at radius 2 is 1.86 bits per heavy atom. The van der Waals surface area contributed by atoms with Crippen molar-refractivity contribution in [3.05, 3.63) is 29.3 Å². The van der Waals surface area contributed by atoms with Crippen molar-refractivity contribution in [2.75, 3.05) is 0 Å². The molecule has 1 fully saturated rings. The number of phenols is 1. The number of rotatable bonds is 8. The number of phenolic OH excluding ortho intramolecular Hbond substituents is 1. The van der Waals surface area contributed by atoms with Gasteiger partial charge in [0.1, 0.15) is 17.4 Å². The predicted molar refractivity (Wildman–Crippen MR) is 120 cm³/mol. The number of nitrogens with one attached hydrogen (secondary N) is 2. The molecule has 0 spiro atoms. The normalized spacial score (nSPS) is 22.9. The molecule has 1 aromatic carbocycles. The number of carbonyl (C=O) groups is 5. The zero-order valence-corrected chi connectivity index (χ0v) is 20.0. The summed E-state index contributed by atoms with van der Waals surface area (Å²) < 4.78 is 16.0. The van der Waals surface area contributed by atoms with E-state index < -0.39 is 60.1 Å². The minimum atomic E-state index is -1.53. The predicted octanol–water partition coefficient (Wildman–Crippen LogP) is 0.756. The maximum absolute atomic E-state index is 13.3. The number of cyclic esters (lactones) is 2. The van der Waals surface area contributed by atoms with E-state index >= 15 is 0 Å². The van der Waals surface area contributed by atoms with Gasteiger partial charge in [0.25, 0.3) is 5.91 Å². The highest BCUT2D eigenvalue weighted by atomic mass is 16.6. The molecule has 190 valence electrons. The highest BCUT2D eigenvalue weighted by molar-refractivity contribution is 5.95. The summed E-state index contributed by atoms with van der Waals surface area (Å²) in [6, 6.07) is 3.19. The van der Waals surface area contributed by atoms with Crippen LogP contribution in [-0.2, 0) is 39.8 Å². The molecule has 2 aliphatic rings. The molecule has 2 aliphatic heterocycles. The van der Waals surface area contributed by atoms with Crippen LogP contribution in [0.2, 0.25) is 0 Å². The van der Waals surface area contributed by atoms with Gasteiger partial charge in [0.2, 0.25) is 12.0 Å². The number of fused-ring (bicyclic) bond motifs is 1. The first-order chi connectivity index (χ1) is 16.5. The number of carbonyl (C=O) groups excluding carboxylic acids is 5. The minimum absolute atomic E-state index is 0.0900. The van der Waals surface area contributed by atoms with Gasteiger partial charge in [0.05, 0.1) is 18.5 Å². The van der Waals surface area contributed by atoms with Crippen molar-refractivity contribution < 1.29 is 43.3 Å². The number of ether oxygens (including phenoxy) is 3. The molecule has 1 aromatic rings. The largest absolute Gasteiger partial charge is 0.507 e. The quantitative estimate of drug-likeness (QED) is 0.353. The van der Waals surface area contributed by atoms with E-state index in [1.54, 1.807) is 12.1 Å². The second-order valence-electron chi connectivity index (χ2n) is 9.20. The Bertz CT molecular complexity index is 1020. The van der Waals surface area contributed by atoms with Gasteiger partial charge in [0.15, 0.2) is 6.10 Å². The van der Waals surface area contributed by atoms with Crippen molar-refractivity contribution in [1.29, 1.82) is 0 Å². The van der Waals surface area contributed by atoms with Crippen LogP contribution in [0.15, 0.2) is 18.2 Å². The number of aromatic hydroxyl groups is 1. The molecular formula is C24H30N2O9. The summed E-state index contributed by atoms with van der Waals surface area (Å²) in [6.07, 6.45) is -3.01. The average Bonchev–Trinajstić information content (AvgIpc) is 3.09. The molecule has 5 atom stereocenters. The van der Waals surface area contributed by atoms with Gasteiger partial charge in [-0.15, -0.1) is 0 Å². The lowest BCUT2D eigenvalue weighted by molar-refractivity contribution is -0.167. The van der Waals surface area contributed by atoms with Crippen LogP contribution in [0, 0.1) is 5.92 Å². The van der Waals surface area contributed by atoms with E-state index in [0.29, 0.717) is 12.0 Å². The van der Waals surface area contributed by atoms with Crippen LogP contribution in [-0.4, -0.2) is 65.2 Å². The minimum Gasteiger partial charge on any atom is -0.507 e. The van der Waals surface area contributed by atoms with Crippen LogP contribution >= 0.6 is 0 Å². The fourth-order valence-electron chi connectivity index (χ4n) is 4.44. The summed E-state index contributed by atoms with van der Waals surface area (Å²) in [4.78, 5) is 61.2. The highest BCUT2D eigenvalue weighted by Gasteiger charge is 2.47. The maximum atomic E-state index is 13.3. The fourth-order valence-corrected chi connectivity index (χ4v) is 4.44. The topological polar surface area (TPSA) is 157 Å². The van der Waals surface area contributed by atoms with Gasteiger partial charge < -0.3 is 30.0 Å². The fraction of sp³-hybridized carbons (Fsp3) is 0.542. The Labute approximate surface area is 202 Å². The first kappa shape index (κ1) is 26.0. The summed E-state index contributed by atoms with van der Waals surface area (Å²) in [5.41, 5.74) is 0.674. The lowest BCUT2D eigenvalue weighted by Crippen LogP contribution is -2.57. The van der Waals surface area contributed by atoms with Crippen LogP contribution < -0.4 is 10.6 Å². The summed E-state index contributed by atoms with van der Waals surface area (Å²) in [5, 5.41) is 15.4. The van der Waals surface area contributed by atoms with Gasteiger partial charge in [0, 0.05) is 20.3 Å². The molecule has 0 saturated carbocycles. The number of hydrogen-bond acceptors (Lipinski definition) is 9. The molecule has 11 heteroatoms. The van der Waals surface area contributed by atoms with Gasteiger partial charge >= 0.3 is 17.9 Å². The monoisotopic (exact) mass is 490 g/mol. The molecular weight excluding hydrogens is 460 g/mol. The van der Waals surface area contributed by atoms with Crippen molar-refractivity contribution >= 4 is 29.7 Å². The molecule has 1 saturated heterocycles. The Morgan fingerprint density at radius 3 is 2.49 bits per heavy atom. The lowest BCUT2D eigenvalue weighted by atomic mass is 9.90. The number of amides is 2. The van der Waals surface area contributed by atoms with Crippen LogP contribution in [0.3, 0.4) is 0 Å². The zero-order valence-electron chi connectivity index (χ0n) is 20.0. The van der Waals surface area contributed by atoms with E-state index in [1.807, 2.05) is 13.8 Å². The molecule has 2 amide bonds. The lowest BCUT2D eigenvalue weighted by Gasteiger charge is -2.34. The van der Waals surface area contributed by atoms with Crippen molar-refractivity contribution in [1.82, 2.24) is 10.6 Å². The zero-order chi connectivity index (χ0) is 25.9. The Morgan fingerprint density at radius 1 is 1.14 bits per heavy atom. The molecule has 0 aromatic heterocycles. The van der Waals surface area contributed by atoms with E-state index in [4.69, 9.17) is 14.2 Å². The van der Waals surface area contributed by atoms with Crippen LogP contribution in [0.25, 0.3) is 0 Å². The molecule has 5 unspecified atom stereocenters. The van der Waals surface area contributed by atoms with Crippen molar-refractivity contribution in [3.63, 3.8) is 0 Å². The third kappa shape index (κ3) is 6.28. The van der Waals surface area contributed by atoms with E-state index in [9.17, 15) is 29.1 Å². The summed E-state index contributed by atoms with van der Waals surface area (Å²) in [6.45, 7) is 6.23. The molecule has 2 heterocycles. The van der Waals surface area contributed by atoms with Gasteiger partial charge in [-0.1, -0.05) is 26.0 Å². The number of hydrogen-bond donors (Lipinski definition) is 3. The van der Waals surface area contributed by atoms with Crippen LogP contribution in [0.1, 0.15) is 56.5 Å². The molecule has 0 radical (unpaired) electrons. The second-order valence-corrected chi connectivity index (χ2v) is 9.20. The van der Waals surface area contributed by atoms with E-state index in [2.05, 4.69) is 10.6 Å². The second kappa shape index (κ2) is 10.7. The van der Waals surface area contributed by atoms with Gasteiger partial charge in [-0.05, 0) is 24.0 Å². The molecule has 3 N–H and O–H groups in total. The van der Waals surface area contributed by atoms with Crippen molar-refractivity contribution in [2.45, 2.75) is 77.4 Å². The molecule has 0 bridgehead atoms. The molecule has 35 heavy (non-hydrogen) atoms. The molecule has 11 nitrogen and oxygen atoms in total. The average molecular weight is 491 g/mol. The van der Waals surface area contributed by atoms with Crippen LogP contribution in [0.5, 0.6) is 5.75 Å². The SMILES string of the molecule is CC(=O)NC1CC(=O)OC1C(OC(C)=O)C(=O)NC(CC(C)C)C1Cc2cccc(O)c2C(=O)O1. The van der Waals surface area contributed by atoms with E-state index in [1.165, 1.54) is 13.0 Å². The van der Waals surface area contributed by atoms with Gasteiger partial charge in [-0.25, -0.2) is 4.79 Å². The Hall–Kier alpha value is -3.63. The van der Waals surface area contributed by atoms with E-state index in [0.717, 1.165) is 6.92 Å². The third-order valence-electron chi connectivity index (χ3n) is 5.80. The number of esters is 3. The van der Waals surface area contributed by atoms with Crippen molar-refractivity contribution in [3.8, 4) is 5.75 Å².